The Bertz CT molecular complexity index is 784. The maximum absolute atomic E-state index is 5.31. The Morgan fingerprint density at radius 1 is 1.10 bits per heavy atom. The van der Waals surface area contributed by atoms with E-state index in [1.165, 1.54) is 10.8 Å². The molecule has 2 aromatic heterocycles. The van der Waals surface area contributed by atoms with Gasteiger partial charge in [-0.05, 0) is 31.4 Å². The maximum atomic E-state index is 5.31. The van der Waals surface area contributed by atoms with E-state index in [1.54, 1.807) is 0 Å². The lowest BCUT2D eigenvalue weighted by molar-refractivity contribution is 0.735. The summed E-state index contributed by atoms with van der Waals surface area (Å²) in [7, 11) is 0. The van der Waals surface area contributed by atoms with E-state index in [0.29, 0.717) is 6.54 Å². The highest BCUT2D eigenvalue weighted by atomic mass is 15.0. The number of hydrogen-bond acceptors (Lipinski definition) is 2. The first kappa shape index (κ1) is 13.4. The zero-order chi connectivity index (χ0) is 14.7. The van der Waals surface area contributed by atoms with Gasteiger partial charge in [0.15, 0.2) is 5.96 Å². The summed E-state index contributed by atoms with van der Waals surface area (Å²) in [5, 5.41) is 2.48. The molecule has 0 spiro atoms. The first-order valence-corrected chi connectivity index (χ1v) is 7.15. The average molecular weight is 281 g/mol. The van der Waals surface area contributed by atoms with Gasteiger partial charge in [-0.1, -0.05) is 18.2 Å². The van der Waals surface area contributed by atoms with E-state index < -0.39 is 0 Å². The van der Waals surface area contributed by atoms with Crippen molar-refractivity contribution < 1.29 is 0 Å². The molecule has 0 bridgehead atoms. The number of aryl methyl sites for hydroxylation is 1. The summed E-state index contributed by atoms with van der Waals surface area (Å²) in [6, 6.07) is 10.4. The summed E-state index contributed by atoms with van der Waals surface area (Å²) < 4.78 is 0. The maximum Gasteiger partial charge on any atom is 0.185 e. The smallest absolute Gasteiger partial charge is 0.185 e. The summed E-state index contributed by atoms with van der Waals surface area (Å²) >= 11 is 0. The number of unbranched alkanes of at least 4 members (excludes halogenated alkanes) is 1. The number of aromatic amines is 1. The van der Waals surface area contributed by atoms with Crippen LogP contribution in [0.5, 0.6) is 0 Å². The Labute approximate surface area is 123 Å². The van der Waals surface area contributed by atoms with Crippen molar-refractivity contribution in [2.45, 2.75) is 19.3 Å². The van der Waals surface area contributed by atoms with E-state index in [2.05, 4.69) is 39.2 Å². The van der Waals surface area contributed by atoms with Crippen LogP contribution in [-0.2, 0) is 6.42 Å². The number of pyridine rings is 1. The van der Waals surface area contributed by atoms with E-state index in [1.807, 2.05) is 12.3 Å². The van der Waals surface area contributed by atoms with Gasteiger partial charge in [0.25, 0.3) is 0 Å². The lowest BCUT2D eigenvalue weighted by Gasteiger charge is -2.02. The van der Waals surface area contributed by atoms with Crippen molar-refractivity contribution in [1.29, 1.82) is 0 Å². The molecule has 3 aromatic rings. The monoisotopic (exact) mass is 281 g/mol. The minimum absolute atomic E-state index is 0.158. The van der Waals surface area contributed by atoms with Gasteiger partial charge in [-0.3, -0.25) is 9.98 Å². The highest BCUT2D eigenvalue weighted by Crippen LogP contribution is 2.26. The fourth-order valence-corrected chi connectivity index (χ4v) is 2.63. The lowest BCUT2D eigenvalue weighted by Crippen LogP contribution is -2.22. The molecule has 0 saturated heterocycles. The van der Waals surface area contributed by atoms with Crippen LogP contribution in [0, 0.1) is 0 Å². The highest BCUT2D eigenvalue weighted by molar-refractivity contribution is 6.07. The number of aromatic nitrogens is 2. The molecule has 0 aliphatic carbocycles. The Morgan fingerprint density at radius 2 is 1.95 bits per heavy atom. The number of benzene rings is 1. The van der Waals surface area contributed by atoms with Crippen LogP contribution < -0.4 is 11.5 Å². The summed E-state index contributed by atoms with van der Waals surface area (Å²) in [5.74, 6) is 0.158. The number of aliphatic imine (C=N–C) groups is 1. The standard InChI is InChI=1S/C16H19N5/c17-16(18)20-9-4-3-7-14-15-12(8-10-19-14)11-5-1-2-6-13(11)21-15/h1-2,5-6,8,10,21H,3-4,7,9H2,(H4,17,18,20). The molecular weight excluding hydrogens is 262 g/mol. The molecule has 5 N–H and O–H groups in total. The third-order valence-electron chi connectivity index (χ3n) is 3.62. The van der Waals surface area contributed by atoms with Crippen molar-refractivity contribution in [1.82, 2.24) is 9.97 Å². The van der Waals surface area contributed by atoms with E-state index >= 15 is 0 Å². The quantitative estimate of drug-likeness (QED) is 0.380. The third-order valence-corrected chi connectivity index (χ3v) is 3.62. The largest absolute Gasteiger partial charge is 0.370 e. The first-order valence-electron chi connectivity index (χ1n) is 7.15. The molecule has 0 atom stereocenters. The molecule has 0 aliphatic rings. The molecule has 5 heteroatoms. The Balaban J connectivity index is 1.81. The normalized spacial score (nSPS) is 11.0. The molecule has 0 aliphatic heterocycles. The van der Waals surface area contributed by atoms with Gasteiger partial charge in [0, 0.05) is 29.0 Å². The Morgan fingerprint density at radius 3 is 2.81 bits per heavy atom. The van der Waals surface area contributed by atoms with Crippen LogP contribution in [0.4, 0.5) is 0 Å². The number of H-pyrrole nitrogens is 1. The van der Waals surface area contributed by atoms with Crippen LogP contribution in [0.3, 0.4) is 0 Å². The molecule has 108 valence electrons. The van der Waals surface area contributed by atoms with Crippen molar-refractivity contribution in [3.63, 3.8) is 0 Å². The number of nitrogens with two attached hydrogens (primary N) is 2. The predicted molar refractivity (Wildman–Crippen MR) is 87.2 cm³/mol. The van der Waals surface area contributed by atoms with E-state index in [-0.39, 0.29) is 5.96 Å². The van der Waals surface area contributed by atoms with Gasteiger partial charge in [0.2, 0.25) is 0 Å². The van der Waals surface area contributed by atoms with Crippen molar-refractivity contribution in [3.05, 3.63) is 42.2 Å². The molecule has 0 radical (unpaired) electrons. The van der Waals surface area contributed by atoms with Gasteiger partial charge in [0.1, 0.15) is 0 Å². The average Bonchev–Trinajstić information content (AvgIpc) is 2.86. The summed E-state index contributed by atoms with van der Waals surface area (Å²) in [4.78, 5) is 12.0. The molecule has 0 saturated carbocycles. The van der Waals surface area contributed by atoms with Gasteiger partial charge in [-0.25, -0.2) is 0 Å². The highest BCUT2D eigenvalue weighted by Gasteiger charge is 2.08. The summed E-state index contributed by atoms with van der Waals surface area (Å²) in [5.41, 5.74) is 14.0. The van der Waals surface area contributed by atoms with Gasteiger partial charge in [-0.15, -0.1) is 0 Å². The van der Waals surface area contributed by atoms with Crippen molar-refractivity contribution >= 4 is 27.8 Å². The molecule has 1 aromatic carbocycles. The van der Waals surface area contributed by atoms with Gasteiger partial charge < -0.3 is 16.5 Å². The van der Waals surface area contributed by atoms with Gasteiger partial charge in [0.05, 0.1) is 11.2 Å². The molecule has 5 nitrogen and oxygen atoms in total. The number of hydrogen-bond donors (Lipinski definition) is 3. The number of guanidine groups is 1. The predicted octanol–water partition coefficient (Wildman–Crippen LogP) is 2.31. The number of para-hydroxylation sites is 1. The molecule has 0 unspecified atom stereocenters. The fraction of sp³-hybridized carbons (Fsp3) is 0.250. The number of nitrogens with zero attached hydrogens (tertiary/aromatic N) is 2. The van der Waals surface area contributed by atoms with Crippen molar-refractivity contribution in [2.24, 2.45) is 16.5 Å². The molecule has 21 heavy (non-hydrogen) atoms. The van der Waals surface area contributed by atoms with Crippen LogP contribution in [-0.4, -0.2) is 22.5 Å². The lowest BCUT2D eigenvalue weighted by atomic mass is 10.1. The third kappa shape index (κ3) is 2.81. The minimum atomic E-state index is 0.158. The van der Waals surface area contributed by atoms with E-state index in [9.17, 15) is 0 Å². The molecule has 0 fully saturated rings. The Hall–Kier alpha value is -2.56. The molecule has 0 amide bonds. The second kappa shape index (κ2) is 5.83. The van der Waals surface area contributed by atoms with E-state index in [0.717, 1.165) is 36.0 Å². The number of nitrogens with one attached hydrogen (secondary N) is 1. The first-order chi connectivity index (χ1) is 10.3. The van der Waals surface area contributed by atoms with Crippen LogP contribution in [0.25, 0.3) is 21.8 Å². The number of fused-ring (bicyclic) bond motifs is 3. The van der Waals surface area contributed by atoms with Gasteiger partial charge >= 0.3 is 0 Å². The summed E-state index contributed by atoms with van der Waals surface area (Å²) in [6.07, 6.45) is 4.77. The molecule has 3 rings (SSSR count). The Kier molecular flexibility index (Phi) is 3.73. The number of rotatable bonds is 5. The molecular formula is C16H19N5. The van der Waals surface area contributed by atoms with Crippen LogP contribution >= 0.6 is 0 Å². The van der Waals surface area contributed by atoms with Crippen LogP contribution in [0.15, 0.2) is 41.5 Å². The van der Waals surface area contributed by atoms with E-state index in [4.69, 9.17) is 11.5 Å². The minimum Gasteiger partial charge on any atom is -0.370 e. The van der Waals surface area contributed by atoms with Crippen LogP contribution in [0.2, 0.25) is 0 Å². The van der Waals surface area contributed by atoms with Crippen molar-refractivity contribution in [2.75, 3.05) is 6.54 Å². The molecule has 2 heterocycles. The van der Waals surface area contributed by atoms with Crippen molar-refractivity contribution in [3.8, 4) is 0 Å². The van der Waals surface area contributed by atoms with Crippen LogP contribution in [0.1, 0.15) is 18.5 Å². The zero-order valence-electron chi connectivity index (χ0n) is 11.8. The zero-order valence-corrected chi connectivity index (χ0v) is 11.8. The SMILES string of the molecule is NC(N)=NCCCCc1nccc2c1[nH]c1ccccc12. The van der Waals surface area contributed by atoms with Gasteiger partial charge in [-0.2, -0.15) is 0 Å². The second-order valence-electron chi connectivity index (χ2n) is 5.11. The summed E-state index contributed by atoms with van der Waals surface area (Å²) in [6.45, 7) is 0.672. The topological polar surface area (TPSA) is 93.1 Å². The second-order valence-corrected chi connectivity index (χ2v) is 5.11. The fourth-order valence-electron chi connectivity index (χ4n) is 2.63.